The molecular weight excluding hydrogens is 1030 g/mol. The van der Waals surface area contributed by atoms with Crippen LogP contribution in [0.25, 0.3) is 43.4 Å². The molecule has 0 aliphatic carbocycles. The van der Waals surface area contributed by atoms with Gasteiger partial charge in [0.1, 0.15) is 46.8 Å². The Labute approximate surface area is 462 Å². The van der Waals surface area contributed by atoms with E-state index >= 15 is 8.78 Å². The maximum atomic E-state index is 17.1. The molecule has 17 nitrogen and oxygen atoms in total. The largest absolute Gasteiger partial charge is 0.508 e. The Morgan fingerprint density at radius 3 is 2.44 bits per heavy atom. The van der Waals surface area contributed by atoms with Crippen LogP contribution in [0.3, 0.4) is 0 Å². The van der Waals surface area contributed by atoms with Crippen molar-refractivity contribution in [1.29, 1.82) is 0 Å². The van der Waals surface area contributed by atoms with E-state index in [4.69, 9.17) is 20.9 Å². The van der Waals surface area contributed by atoms with Crippen LogP contribution in [0.15, 0.2) is 60.2 Å². The van der Waals surface area contributed by atoms with Crippen LogP contribution in [-0.2, 0) is 25.7 Å². The van der Waals surface area contributed by atoms with Crippen molar-refractivity contribution in [3.05, 3.63) is 88.7 Å². The minimum atomic E-state index is -0.937. The molecule has 4 aliphatic rings. The number of benzene rings is 3. The molecule has 416 valence electrons. The normalized spacial score (nSPS) is 20.2. The van der Waals surface area contributed by atoms with Gasteiger partial charge in [-0.05, 0) is 92.1 Å². The van der Waals surface area contributed by atoms with E-state index in [9.17, 15) is 24.6 Å². The van der Waals surface area contributed by atoms with Gasteiger partial charge in [-0.25, -0.2) is 13.8 Å². The molecule has 3 aromatic carbocycles. The van der Waals surface area contributed by atoms with E-state index < -0.39 is 41.1 Å². The first-order chi connectivity index (χ1) is 38.0. The summed E-state index contributed by atoms with van der Waals surface area (Å²) in [5.41, 5.74) is 3.97. The summed E-state index contributed by atoms with van der Waals surface area (Å²) in [6, 6.07) is 12.1. The minimum Gasteiger partial charge on any atom is -0.508 e. The highest BCUT2D eigenvalue weighted by atomic mass is 32.1. The maximum absolute atomic E-state index is 17.1. The van der Waals surface area contributed by atoms with E-state index in [2.05, 4.69) is 46.6 Å². The number of unbranched alkanes of at least 4 members (excludes halogenated alkanes) is 1. The van der Waals surface area contributed by atoms with Crippen molar-refractivity contribution in [2.45, 2.75) is 122 Å². The predicted octanol–water partition coefficient (Wildman–Crippen LogP) is 7.02. The fraction of sp³-hybridized carbons (Fsp3) is 0.475. The number of likely N-dealkylation sites (tertiary alicyclic amines) is 2. The Morgan fingerprint density at radius 1 is 0.975 bits per heavy atom. The van der Waals surface area contributed by atoms with Gasteiger partial charge in [0, 0.05) is 87.9 Å². The monoisotopic (exact) mass is 1100 g/mol. The number of hydrogen-bond acceptors (Lipinski definition) is 15. The van der Waals surface area contributed by atoms with E-state index in [1.807, 2.05) is 57.5 Å². The third-order valence-corrected chi connectivity index (χ3v) is 16.6. The Balaban J connectivity index is 0.690. The molecule has 6 aromatic rings. The minimum absolute atomic E-state index is 0.00296. The topological polar surface area (TPSA) is 208 Å². The number of β-amino-alcohol motifs (C(OH)–C–C–N with tert-alkyl or cyclic N) is 1. The second-order valence-electron chi connectivity index (χ2n) is 22.4. The number of rotatable bonds is 18. The number of piperidine rings is 1. The molecule has 79 heavy (non-hydrogen) atoms. The lowest BCUT2D eigenvalue weighted by Gasteiger charge is -2.35. The molecule has 2 bridgehead atoms. The van der Waals surface area contributed by atoms with Crippen molar-refractivity contribution in [3.63, 3.8) is 0 Å². The number of anilines is 1. The van der Waals surface area contributed by atoms with Gasteiger partial charge in [0.05, 0.1) is 39.7 Å². The number of aliphatic hydroxyl groups is 1. The number of pyridine rings is 1. The number of carbonyl (C=O) groups is 3. The number of phenolic OH excluding ortho intramolecular Hbond substituents is 1. The lowest BCUT2D eigenvalue weighted by atomic mass is 9.85. The van der Waals surface area contributed by atoms with Gasteiger partial charge in [0.15, 0.2) is 5.82 Å². The highest BCUT2D eigenvalue weighted by Gasteiger charge is 2.44. The third-order valence-electron chi connectivity index (χ3n) is 15.6. The number of fused-ring (bicyclic) bond motifs is 4. The number of piperazine rings is 1. The van der Waals surface area contributed by atoms with Crippen molar-refractivity contribution in [2.75, 3.05) is 57.4 Å². The number of nitrogens with one attached hydrogen (secondary N) is 3. The highest BCUT2D eigenvalue weighted by molar-refractivity contribution is 7.13. The van der Waals surface area contributed by atoms with Gasteiger partial charge in [0.25, 0.3) is 0 Å². The lowest BCUT2D eigenvalue weighted by molar-refractivity contribution is -0.144. The number of amides is 3. The van der Waals surface area contributed by atoms with Crippen molar-refractivity contribution < 1.29 is 42.9 Å². The predicted molar refractivity (Wildman–Crippen MR) is 298 cm³/mol. The van der Waals surface area contributed by atoms with Gasteiger partial charge >= 0.3 is 6.01 Å². The number of ether oxygens (including phenoxy) is 2. The van der Waals surface area contributed by atoms with Crippen LogP contribution in [0, 0.1) is 36.3 Å². The summed E-state index contributed by atoms with van der Waals surface area (Å²) < 4.78 is 44.5. The first kappa shape index (κ1) is 55.4. The summed E-state index contributed by atoms with van der Waals surface area (Å²) in [5.74, 6) is 0.232. The van der Waals surface area contributed by atoms with Crippen LogP contribution >= 0.6 is 11.3 Å². The summed E-state index contributed by atoms with van der Waals surface area (Å²) in [5, 5.41) is 31.9. The molecule has 10 rings (SSSR count). The number of aromatic nitrogens is 4. The second-order valence-corrected chi connectivity index (χ2v) is 23.2. The molecule has 3 aromatic heterocycles. The molecule has 5 N–H and O–H groups in total. The average molecular weight is 1100 g/mol. The summed E-state index contributed by atoms with van der Waals surface area (Å²) in [6.07, 6.45) is 11.5. The summed E-state index contributed by atoms with van der Waals surface area (Å²) in [4.78, 5) is 66.3. The van der Waals surface area contributed by atoms with Gasteiger partial charge in [-0.2, -0.15) is 9.97 Å². The summed E-state index contributed by atoms with van der Waals surface area (Å²) in [6.45, 7) is 12.1. The maximum Gasteiger partial charge on any atom is 0.319 e. The molecule has 0 radical (unpaired) electrons. The van der Waals surface area contributed by atoms with Crippen molar-refractivity contribution in [3.8, 4) is 45.8 Å². The van der Waals surface area contributed by atoms with Crippen LogP contribution < -0.4 is 25.6 Å². The van der Waals surface area contributed by atoms with Crippen molar-refractivity contribution in [1.82, 2.24) is 45.7 Å². The first-order valence-corrected chi connectivity index (χ1v) is 28.2. The van der Waals surface area contributed by atoms with Gasteiger partial charge in [-0.15, -0.1) is 17.8 Å². The number of phenols is 1. The fourth-order valence-electron chi connectivity index (χ4n) is 11.4. The third kappa shape index (κ3) is 12.5. The lowest BCUT2D eigenvalue weighted by Crippen LogP contribution is -2.57. The standard InChI is InChI=1S/C59H68F2N10O7S/c1-6-43-46(60)16-13-37-25-40(72)26-44(49(37)43)51-50(61)52-45(29-62-51)55(70-30-38-14-15-39(31-70)65-38)68-58(67-52)78-42-17-21-69(22-18-42)20-7-8-23-77-24-19-48(74)66-54(59(3,4)5)57(76)71-32-41(73)27-47(71)56(75)63-28-35-9-11-36(12-10-35)53-34(2)64-33-79-53/h1,9-13,16,25-26,29,33,38-39,41-42,47,54,65,72-73H,7-8,14-15,17-24,27-28,30-32H2,2-5H3,(H,63,75)(H,66,74)/t38?,39?,41-,47+,54?/m1/s1. The first-order valence-electron chi connectivity index (χ1n) is 27.3. The number of terminal acetylenes is 1. The Bertz CT molecular complexity index is 3260. The molecule has 0 saturated carbocycles. The quantitative estimate of drug-likeness (QED) is 0.0433. The Kier molecular flexibility index (Phi) is 16.7. The number of aromatic hydroxyl groups is 1. The van der Waals surface area contributed by atoms with E-state index in [1.165, 1.54) is 35.4 Å². The molecule has 4 saturated heterocycles. The summed E-state index contributed by atoms with van der Waals surface area (Å²) >= 11 is 1.57. The molecule has 7 heterocycles. The molecule has 3 unspecified atom stereocenters. The zero-order chi connectivity index (χ0) is 55.5. The van der Waals surface area contributed by atoms with Crippen LogP contribution in [0.5, 0.6) is 11.8 Å². The number of aliphatic hydroxyl groups excluding tert-OH is 1. The molecular formula is C59H68F2N10O7S. The number of carbonyl (C=O) groups excluding carboxylic acids is 3. The SMILES string of the molecule is C#Cc1c(F)ccc2cc(O)cc(-c3ncc4c(N5CC6CCC(C5)N6)nc(OC5CCN(CCCCOCCC(=O)NC(C(=O)N6C[C@H](O)C[C@H]6C(=O)NCc6ccc(-c7scnc7C)cc6)C(C)(C)C)CC5)nc4c3F)c12. The molecule has 0 spiro atoms. The van der Waals surface area contributed by atoms with E-state index in [1.54, 1.807) is 11.3 Å². The van der Waals surface area contributed by atoms with Crippen LogP contribution in [-0.4, -0.2) is 147 Å². The van der Waals surface area contributed by atoms with E-state index in [0.717, 1.165) is 67.0 Å². The van der Waals surface area contributed by atoms with Crippen molar-refractivity contribution >= 4 is 56.6 Å². The molecule has 4 aliphatic heterocycles. The molecule has 20 heteroatoms. The van der Waals surface area contributed by atoms with Gasteiger partial charge in [0.2, 0.25) is 17.7 Å². The number of thiazole rings is 1. The highest BCUT2D eigenvalue weighted by Crippen LogP contribution is 2.40. The zero-order valence-corrected chi connectivity index (χ0v) is 45.9. The number of halogens is 2. The van der Waals surface area contributed by atoms with Gasteiger partial charge < -0.3 is 50.3 Å². The Morgan fingerprint density at radius 2 is 1.73 bits per heavy atom. The zero-order valence-electron chi connectivity index (χ0n) is 45.1. The smallest absolute Gasteiger partial charge is 0.319 e. The molecule has 5 atom stereocenters. The summed E-state index contributed by atoms with van der Waals surface area (Å²) in [7, 11) is 0. The molecule has 3 amide bonds. The van der Waals surface area contributed by atoms with Crippen LogP contribution in [0.2, 0.25) is 0 Å². The number of nitrogens with zero attached hydrogens (tertiary/aromatic N) is 7. The van der Waals surface area contributed by atoms with Gasteiger partial charge in [-0.1, -0.05) is 57.0 Å². The number of hydrogen-bond donors (Lipinski definition) is 5. The van der Waals surface area contributed by atoms with E-state index in [0.29, 0.717) is 49.1 Å². The average Bonchev–Trinajstić information content (AvgIpc) is 4.15. The van der Waals surface area contributed by atoms with Crippen molar-refractivity contribution in [2.24, 2.45) is 5.41 Å². The van der Waals surface area contributed by atoms with Crippen LogP contribution in [0.1, 0.15) is 89.0 Å². The second kappa shape index (κ2) is 23.8. The van der Waals surface area contributed by atoms with E-state index in [-0.39, 0.29) is 102 Å². The Hall–Kier alpha value is -6.89. The fourth-order valence-corrected chi connectivity index (χ4v) is 12.3. The number of aryl methyl sites for hydroxylation is 1. The van der Waals surface area contributed by atoms with Gasteiger partial charge in [-0.3, -0.25) is 19.4 Å². The molecule has 4 fully saturated rings. The van der Waals surface area contributed by atoms with Crippen LogP contribution in [0.4, 0.5) is 14.6 Å².